The molecule has 0 bridgehead atoms. The van der Waals surface area contributed by atoms with E-state index in [1.54, 1.807) is 6.92 Å². The smallest absolute Gasteiger partial charge is 0.417 e. The van der Waals surface area contributed by atoms with Crippen LogP contribution in [-0.2, 0) is 9.53 Å². The van der Waals surface area contributed by atoms with Crippen LogP contribution in [0.25, 0.3) is 0 Å². The second kappa shape index (κ2) is 21.8. The van der Waals surface area contributed by atoms with Crippen LogP contribution in [0.2, 0.25) is 0 Å². The van der Waals surface area contributed by atoms with Crippen LogP contribution >= 0.6 is 0 Å². The molecule has 0 aliphatic heterocycles. The van der Waals surface area contributed by atoms with Crippen molar-refractivity contribution in [1.82, 2.24) is 0 Å². The van der Waals surface area contributed by atoms with E-state index >= 15 is 0 Å². The Morgan fingerprint density at radius 1 is 0.762 bits per heavy atom. The summed E-state index contributed by atoms with van der Waals surface area (Å²) in [6.45, 7) is 10.4. The van der Waals surface area contributed by atoms with Crippen molar-refractivity contribution in [2.45, 2.75) is 105 Å². The number of hydrogen-bond donors (Lipinski definition) is 0. The molecule has 0 fully saturated rings. The molecule has 0 heterocycles. The Hall–Kier alpha value is -0.530. The fourth-order valence-corrected chi connectivity index (χ4v) is 2.50. The van der Waals surface area contributed by atoms with Crippen molar-refractivity contribution in [2.75, 3.05) is 6.61 Å². The molecule has 0 N–H and O–H groups in total. The van der Waals surface area contributed by atoms with E-state index < -0.39 is 0 Å². The van der Waals surface area contributed by atoms with Gasteiger partial charge in [-0.3, -0.25) is 0 Å². The van der Waals surface area contributed by atoms with Crippen LogP contribution in [0.3, 0.4) is 0 Å². The summed E-state index contributed by atoms with van der Waals surface area (Å²) >= 11 is 0. The Labute approximate surface area is 134 Å². The van der Waals surface area contributed by atoms with E-state index in [0.29, 0.717) is 6.61 Å². The van der Waals surface area contributed by atoms with Crippen molar-refractivity contribution < 1.29 is 9.53 Å². The highest BCUT2D eigenvalue weighted by Gasteiger charge is 2.02. The van der Waals surface area contributed by atoms with E-state index in [0.717, 1.165) is 5.92 Å². The van der Waals surface area contributed by atoms with E-state index in [-0.39, 0.29) is 0 Å². The van der Waals surface area contributed by atoms with Crippen LogP contribution in [0.5, 0.6) is 0 Å². The van der Waals surface area contributed by atoms with Crippen molar-refractivity contribution in [3.05, 3.63) is 0 Å². The lowest BCUT2D eigenvalue weighted by Gasteiger charge is -2.11. The molecule has 0 aliphatic rings. The van der Waals surface area contributed by atoms with E-state index in [4.69, 9.17) is 4.79 Å². The molecule has 0 aromatic carbocycles. The van der Waals surface area contributed by atoms with E-state index in [9.17, 15) is 0 Å². The average molecular weight is 300 g/mol. The topological polar surface area (TPSA) is 26.3 Å². The Bertz CT molecular complexity index is 176. The van der Waals surface area contributed by atoms with Gasteiger partial charge in [-0.2, -0.15) is 0 Å². The molecule has 0 rings (SSSR count). The van der Waals surface area contributed by atoms with Crippen LogP contribution in [0.4, 0.5) is 0 Å². The van der Waals surface area contributed by atoms with Gasteiger partial charge in [0, 0.05) is 0 Å². The maximum Gasteiger partial charge on any atom is 0.417 e. The molecule has 0 saturated heterocycles. The SMILES string of the molecule is CCCCCCCCCCCC(CC)CC.CCO[C]=O. The van der Waals surface area contributed by atoms with Gasteiger partial charge in [0.25, 0.3) is 0 Å². The summed E-state index contributed by atoms with van der Waals surface area (Å²) in [6, 6.07) is 0. The van der Waals surface area contributed by atoms with Gasteiger partial charge in [0.2, 0.25) is 0 Å². The molecule has 2 heteroatoms. The summed E-state index contributed by atoms with van der Waals surface area (Å²) in [5.74, 6) is 1.00. The summed E-state index contributed by atoms with van der Waals surface area (Å²) in [6.07, 6.45) is 17.4. The molecule has 127 valence electrons. The molecule has 0 aliphatic carbocycles. The molecule has 0 atom stereocenters. The fourth-order valence-electron chi connectivity index (χ4n) is 2.50. The zero-order valence-electron chi connectivity index (χ0n) is 15.1. The molecule has 21 heavy (non-hydrogen) atoms. The van der Waals surface area contributed by atoms with Gasteiger partial charge in [0.05, 0.1) is 6.61 Å². The van der Waals surface area contributed by atoms with Crippen LogP contribution in [0.15, 0.2) is 0 Å². The zero-order valence-corrected chi connectivity index (χ0v) is 15.1. The largest absolute Gasteiger partial charge is 0.458 e. The zero-order chi connectivity index (χ0) is 16.2. The predicted octanol–water partition coefficient (Wildman–Crippen LogP) is 6.43. The molecule has 2 nitrogen and oxygen atoms in total. The lowest BCUT2D eigenvalue weighted by molar-refractivity contribution is 0.296. The van der Waals surface area contributed by atoms with Crippen LogP contribution in [0, 0.1) is 5.92 Å². The first-order chi connectivity index (χ1) is 10.3. The molecule has 0 aromatic heterocycles. The van der Waals surface area contributed by atoms with Crippen molar-refractivity contribution in [3.63, 3.8) is 0 Å². The first-order valence-electron chi connectivity index (χ1n) is 9.25. The second-order valence-corrected chi connectivity index (χ2v) is 5.82. The van der Waals surface area contributed by atoms with Gasteiger partial charge in [-0.1, -0.05) is 97.8 Å². The Kier molecular flexibility index (Phi) is 23.6. The van der Waals surface area contributed by atoms with Crippen molar-refractivity contribution in [2.24, 2.45) is 5.92 Å². The highest BCUT2D eigenvalue weighted by atomic mass is 16.5. The third-order valence-corrected chi connectivity index (χ3v) is 4.07. The van der Waals surface area contributed by atoms with E-state index in [1.165, 1.54) is 83.5 Å². The molecule has 1 radical (unpaired) electrons. The fraction of sp³-hybridized carbons (Fsp3) is 0.947. The van der Waals surface area contributed by atoms with E-state index in [2.05, 4.69) is 25.5 Å². The summed E-state index contributed by atoms with van der Waals surface area (Å²) in [5, 5.41) is 0. The van der Waals surface area contributed by atoms with Crippen molar-refractivity contribution in [3.8, 4) is 0 Å². The van der Waals surface area contributed by atoms with Gasteiger partial charge >= 0.3 is 6.47 Å². The van der Waals surface area contributed by atoms with Gasteiger partial charge in [-0.05, 0) is 12.8 Å². The number of unbranched alkanes of at least 4 members (excludes halogenated alkanes) is 8. The van der Waals surface area contributed by atoms with Crippen LogP contribution in [-0.4, -0.2) is 13.1 Å². The maximum atomic E-state index is 9.06. The number of ether oxygens (including phenoxy) is 1. The quantitative estimate of drug-likeness (QED) is 0.345. The molecule has 0 amide bonds. The third-order valence-electron chi connectivity index (χ3n) is 4.07. The van der Waals surface area contributed by atoms with Gasteiger partial charge in [0.1, 0.15) is 0 Å². The Balaban J connectivity index is 0. The summed E-state index contributed by atoms with van der Waals surface area (Å²) in [4.78, 5) is 9.06. The first kappa shape index (κ1) is 22.7. The van der Waals surface area contributed by atoms with Gasteiger partial charge in [-0.15, -0.1) is 0 Å². The van der Waals surface area contributed by atoms with Crippen molar-refractivity contribution >= 4 is 6.47 Å². The van der Waals surface area contributed by atoms with Gasteiger partial charge < -0.3 is 4.74 Å². The highest BCUT2D eigenvalue weighted by Crippen LogP contribution is 2.17. The minimum atomic E-state index is 0.420. The molecular weight excluding hydrogens is 260 g/mol. The minimum Gasteiger partial charge on any atom is -0.458 e. The summed E-state index contributed by atoms with van der Waals surface area (Å²) < 4.78 is 4.03. The number of carbonyl (C=O) groups excluding carboxylic acids is 1. The minimum absolute atomic E-state index is 0.420. The average Bonchev–Trinajstić information content (AvgIpc) is 2.51. The normalized spacial score (nSPS) is 10.1. The van der Waals surface area contributed by atoms with Gasteiger partial charge in [-0.25, -0.2) is 4.79 Å². The standard InChI is InChI=1S/C16H34.C3H5O2/c1-4-7-8-9-10-11-12-13-14-15-16(5-2)6-3;1-2-5-3-4/h16H,4-15H2,1-3H3;2H2,1H3. The maximum absolute atomic E-state index is 9.06. The Morgan fingerprint density at radius 3 is 1.57 bits per heavy atom. The summed E-state index contributed by atoms with van der Waals surface area (Å²) in [5.41, 5.74) is 0. The van der Waals surface area contributed by atoms with Crippen molar-refractivity contribution in [1.29, 1.82) is 0 Å². The lowest BCUT2D eigenvalue weighted by atomic mass is 9.95. The molecule has 0 saturated carbocycles. The van der Waals surface area contributed by atoms with Gasteiger partial charge in [0.15, 0.2) is 0 Å². The Morgan fingerprint density at radius 2 is 1.24 bits per heavy atom. The highest BCUT2D eigenvalue weighted by molar-refractivity contribution is 5.37. The lowest BCUT2D eigenvalue weighted by Crippen LogP contribution is -1.96. The second-order valence-electron chi connectivity index (χ2n) is 5.82. The number of rotatable bonds is 14. The number of hydrogen-bond acceptors (Lipinski definition) is 2. The van der Waals surface area contributed by atoms with Crippen LogP contribution in [0.1, 0.15) is 105 Å². The first-order valence-corrected chi connectivity index (χ1v) is 9.25. The molecule has 0 spiro atoms. The summed E-state index contributed by atoms with van der Waals surface area (Å²) in [7, 11) is 0. The predicted molar refractivity (Wildman–Crippen MR) is 93.2 cm³/mol. The van der Waals surface area contributed by atoms with Crippen LogP contribution < -0.4 is 0 Å². The van der Waals surface area contributed by atoms with E-state index in [1.807, 2.05) is 0 Å². The molecule has 0 unspecified atom stereocenters. The molecule has 0 aromatic rings. The third kappa shape index (κ3) is 21.9. The molecular formula is C19H39O2. The monoisotopic (exact) mass is 299 g/mol.